The number of esters is 1. The summed E-state index contributed by atoms with van der Waals surface area (Å²) in [6.45, 7) is -0.234. The molecule has 2 N–H and O–H groups in total. The molecule has 0 aromatic heterocycles. The zero-order valence-electron chi connectivity index (χ0n) is 11.2. The summed E-state index contributed by atoms with van der Waals surface area (Å²) < 4.78 is 23.6. The summed E-state index contributed by atoms with van der Waals surface area (Å²) in [4.78, 5) is 12.0. The third kappa shape index (κ3) is 3.64. The topological polar surface area (TPSA) is 61.5 Å². The van der Waals surface area contributed by atoms with Crippen LogP contribution >= 0.6 is 11.6 Å². The molecule has 21 heavy (non-hydrogen) atoms. The molecule has 0 aliphatic rings. The largest absolute Gasteiger partial charge is 0.497 e. The maximum atomic E-state index is 13.5. The number of hydrogen-bond acceptors (Lipinski definition) is 4. The molecule has 0 unspecified atom stereocenters. The van der Waals surface area contributed by atoms with E-state index >= 15 is 0 Å². The number of rotatable bonds is 4. The molecule has 2 aromatic rings. The molecule has 2 aromatic carbocycles. The summed E-state index contributed by atoms with van der Waals surface area (Å²) in [6, 6.07) is 8.66. The Morgan fingerprint density at radius 1 is 1.29 bits per heavy atom. The Morgan fingerprint density at radius 3 is 2.76 bits per heavy atom. The van der Waals surface area contributed by atoms with Gasteiger partial charge < -0.3 is 15.2 Å². The Labute approximate surface area is 126 Å². The number of benzene rings is 2. The van der Waals surface area contributed by atoms with Crippen molar-refractivity contribution in [1.29, 1.82) is 0 Å². The fourth-order valence-corrected chi connectivity index (χ4v) is 1.91. The number of ether oxygens (including phenoxy) is 2. The Kier molecular flexibility index (Phi) is 4.65. The van der Waals surface area contributed by atoms with Crippen molar-refractivity contribution in [2.24, 2.45) is 0 Å². The Bertz CT molecular complexity index is 676. The van der Waals surface area contributed by atoms with Crippen molar-refractivity contribution >= 4 is 23.3 Å². The molecule has 0 aliphatic heterocycles. The molecule has 110 valence electrons. The van der Waals surface area contributed by atoms with Crippen LogP contribution in [0.5, 0.6) is 5.75 Å². The van der Waals surface area contributed by atoms with Crippen LogP contribution < -0.4 is 10.5 Å². The second-order valence-electron chi connectivity index (χ2n) is 4.27. The van der Waals surface area contributed by atoms with E-state index in [0.717, 1.165) is 0 Å². The van der Waals surface area contributed by atoms with Gasteiger partial charge in [-0.2, -0.15) is 0 Å². The summed E-state index contributed by atoms with van der Waals surface area (Å²) >= 11 is 5.77. The van der Waals surface area contributed by atoms with Crippen LogP contribution in [0.25, 0.3) is 0 Å². The lowest BCUT2D eigenvalue weighted by Gasteiger charge is -2.09. The number of nitrogens with two attached hydrogens (primary N) is 1. The van der Waals surface area contributed by atoms with Crippen molar-refractivity contribution in [3.8, 4) is 5.75 Å². The lowest BCUT2D eigenvalue weighted by atomic mass is 10.1. The number of carbonyl (C=O) groups excluding carboxylic acids is 1. The fourth-order valence-electron chi connectivity index (χ4n) is 1.71. The minimum atomic E-state index is -0.661. The SMILES string of the molecule is COc1ccc(N)c(C(=O)OCc2cc(Cl)ccc2F)c1. The van der Waals surface area contributed by atoms with Gasteiger partial charge in [-0.25, -0.2) is 9.18 Å². The van der Waals surface area contributed by atoms with Gasteiger partial charge in [-0.05, 0) is 36.4 Å². The molecule has 0 aliphatic carbocycles. The highest BCUT2D eigenvalue weighted by molar-refractivity contribution is 6.30. The first kappa shape index (κ1) is 15.1. The monoisotopic (exact) mass is 309 g/mol. The zero-order valence-corrected chi connectivity index (χ0v) is 12.0. The van der Waals surface area contributed by atoms with Gasteiger partial charge in [-0.1, -0.05) is 11.6 Å². The summed E-state index contributed by atoms with van der Waals surface area (Å²) in [5.41, 5.74) is 6.33. The molecule has 0 heterocycles. The normalized spacial score (nSPS) is 10.2. The van der Waals surface area contributed by atoms with Gasteiger partial charge in [0, 0.05) is 16.3 Å². The number of hydrogen-bond donors (Lipinski definition) is 1. The lowest BCUT2D eigenvalue weighted by molar-refractivity contribution is 0.0470. The maximum Gasteiger partial charge on any atom is 0.340 e. The van der Waals surface area contributed by atoms with E-state index in [0.29, 0.717) is 10.8 Å². The van der Waals surface area contributed by atoms with Gasteiger partial charge in [0.1, 0.15) is 18.2 Å². The average molecular weight is 310 g/mol. The van der Waals surface area contributed by atoms with E-state index in [1.54, 1.807) is 6.07 Å². The highest BCUT2D eigenvalue weighted by Gasteiger charge is 2.14. The lowest BCUT2D eigenvalue weighted by Crippen LogP contribution is -2.09. The average Bonchev–Trinajstić information content (AvgIpc) is 2.48. The second-order valence-corrected chi connectivity index (χ2v) is 4.70. The van der Waals surface area contributed by atoms with Crippen molar-refractivity contribution in [3.63, 3.8) is 0 Å². The molecule has 0 atom stereocenters. The zero-order chi connectivity index (χ0) is 15.4. The van der Waals surface area contributed by atoms with Crippen LogP contribution in [0.15, 0.2) is 36.4 Å². The van der Waals surface area contributed by atoms with E-state index in [1.807, 2.05) is 0 Å². The number of carbonyl (C=O) groups is 1. The van der Waals surface area contributed by atoms with E-state index in [2.05, 4.69) is 0 Å². The minimum Gasteiger partial charge on any atom is -0.497 e. The maximum absolute atomic E-state index is 13.5. The van der Waals surface area contributed by atoms with E-state index in [9.17, 15) is 9.18 Å². The van der Waals surface area contributed by atoms with Gasteiger partial charge >= 0.3 is 5.97 Å². The van der Waals surface area contributed by atoms with Crippen molar-refractivity contribution in [1.82, 2.24) is 0 Å². The first-order valence-electron chi connectivity index (χ1n) is 6.06. The molecule has 0 fully saturated rings. The standard InChI is InChI=1S/C15H13ClFNO3/c1-20-11-3-5-14(18)12(7-11)15(19)21-8-9-6-10(16)2-4-13(9)17/h2-7H,8,18H2,1H3. The summed E-state index contributed by atoms with van der Waals surface area (Å²) in [5, 5.41) is 0.364. The Balaban J connectivity index is 2.13. The Hall–Kier alpha value is -2.27. The smallest absolute Gasteiger partial charge is 0.340 e. The summed E-state index contributed by atoms with van der Waals surface area (Å²) in [5.74, 6) is -0.679. The van der Waals surface area contributed by atoms with Crippen molar-refractivity contribution in [2.45, 2.75) is 6.61 Å². The molecular formula is C15H13ClFNO3. The molecule has 4 nitrogen and oxygen atoms in total. The van der Waals surface area contributed by atoms with Crippen LogP contribution in [0.3, 0.4) is 0 Å². The van der Waals surface area contributed by atoms with Gasteiger partial charge in [-0.15, -0.1) is 0 Å². The molecule has 0 spiro atoms. The van der Waals surface area contributed by atoms with Crippen molar-refractivity contribution in [3.05, 3.63) is 58.4 Å². The number of methoxy groups -OCH3 is 1. The van der Waals surface area contributed by atoms with Crippen LogP contribution in [-0.2, 0) is 11.3 Å². The van der Waals surface area contributed by atoms with E-state index in [-0.39, 0.29) is 23.4 Å². The predicted octanol–water partition coefficient (Wildman–Crippen LogP) is 3.43. The van der Waals surface area contributed by atoms with Crippen LogP contribution in [0, 0.1) is 5.82 Å². The van der Waals surface area contributed by atoms with Gasteiger partial charge in [0.05, 0.1) is 12.7 Å². The number of anilines is 1. The van der Waals surface area contributed by atoms with Crippen LogP contribution in [0.4, 0.5) is 10.1 Å². The van der Waals surface area contributed by atoms with Gasteiger partial charge in [-0.3, -0.25) is 0 Å². The highest BCUT2D eigenvalue weighted by atomic mass is 35.5. The minimum absolute atomic E-state index is 0.164. The van der Waals surface area contributed by atoms with Crippen molar-refractivity contribution in [2.75, 3.05) is 12.8 Å². The predicted molar refractivity (Wildman–Crippen MR) is 77.9 cm³/mol. The number of nitrogen functional groups attached to an aromatic ring is 1. The quantitative estimate of drug-likeness (QED) is 0.694. The van der Waals surface area contributed by atoms with Crippen LogP contribution in [0.1, 0.15) is 15.9 Å². The van der Waals surface area contributed by atoms with Crippen LogP contribution in [-0.4, -0.2) is 13.1 Å². The van der Waals surface area contributed by atoms with Gasteiger partial charge in [0.2, 0.25) is 0 Å². The van der Waals surface area contributed by atoms with Crippen LogP contribution in [0.2, 0.25) is 5.02 Å². The molecule has 0 saturated carbocycles. The molecule has 0 radical (unpaired) electrons. The first-order chi connectivity index (χ1) is 10.0. The second kappa shape index (κ2) is 6.45. The fraction of sp³-hybridized carbons (Fsp3) is 0.133. The van der Waals surface area contributed by atoms with Crippen molar-refractivity contribution < 1.29 is 18.7 Å². The van der Waals surface area contributed by atoms with Gasteiger partial charge in [0.15, 0.2) is 0 Å². The van der Waals surface area contributed by atoms with E-state index in [4.69, 9.17) is 26.8 Å². The molecule has 2 rings (SSSR count). The molecule has 0 amide bonds. The van der Waals surface area contributed by atoms with E-state index < -0.39 is 11.8 Å². The van der Waals surface area contributed by atoms with E-state index in [1.165, 1.54) is 37.4 Å². The molecule has 0 saturated heterocycles. The summed E-state index contributed by atoms with van der Waals surface area (Å²) in [7, 11) is 1.47. The summed E-state index contributed by atoms with van der Waals surface area (Å²) in [6.07, 6.45) is 0. The Morgan fingerprint density at radius 2 is 2.05 bits per heavy atom. The molecular weight excluding hydrogens is 297 g/mol. The first-order valence-corrected chi connectivity index (χ1v) is 6.43. The molecule has 0 bridgehead atoms. The third-order valence-electron chi connectivity index (χ3n) is 2.85. The van der Waals surface area contributed by atoms with Gasteiger partial charge in [0.25, 0.3) is 0 Å². The third-order valence-corrected chi connectivity index (χ3v) is 3.08. The molecule has 6 heteroatoms. The highest BCUT2D eigenvalue weighted by Crippen LogP contribution is 2.21. The number of halogens is 2.